The summed E-state index contributed by atoms with van der Waals surface area (Å²) in [5.41, 5.74) is 0. The molecule has 0 bridgehead atoms. The van der Waals surface area contributed by atoms with Crippen molar-refractivity contribution < 1.29 is 9.59 Å². The van der Waals surface area contributed by atoms with Crippen LogP contribution in [0.25, 0.3) is 0 Å². The second-order valence-corrected chi connectivity index (χ2v) is 6.06. The maximum Gasteiger partial charge on any atom is 0.222 e. The van der Waals surface area contributed by atoms with E-state index in [1.165, 1.54) is 44.9 Å². The Balaban J connectivity index is 1.97. The van der Waals surface area contributed by atoms with E-state index in [-0.39, 0.29) is 11.8 Å². The number of hydrogen-bond acceptors (Lipinski definition) is 2. The highest BCUT2D eigenvalue weighted by Gasteiger charge is 2.17. The average molecular weight is 296 g/mol. The minimum Gasteiger partial charge on any atom is -0.354 e. The van der Waals surface area contributed by atoms with E-state index < -0.39 is 0 Å². The molecule has 21 heavy (non-hydrogen) atoms. The molecule has 4 nitrogen and oxygen atoms in total. The molecular weight excluding hydrogens is 264 g/mol. The molecule has 1 heterocycles. The van der Waals surface area contributed by atoms with Gasteiger partial charge in [0, 0.05) is 32.5 Å². The highest BCUT2D eigenvalue weighted by atomic mass is 16.2. The quantitative estimate of drug-likeness (QED) is 0.629. The Morgan fingerprint density at radius 2 is 1.62 bits per heavy atom. The van der Waals surface area contributed by atoms with Crippen molar-refractivity contribution in [1.82, 2.24) is 10.2 Å². The first-order valence-electron chi connectivity index (χ1n) is 8.78. The van der Waals surface area contributed by atoms with E-state index in [4.69, 9.17) is 0 Å². The van der Waals surface area contributed by atoms with E-state index in [9.17, 15) is 9.59 Å². The fourth-order valence-corrected chi connectivity index (χ4v) is 2.76. The van der Waals surface area contributed by atoms with Crippen LogP contribution in [0.4, 0.5) is 0 Å². The summed E-state index contributed by atoms with van der Waals surface area (Å²) in [7, 11) is 0. The van der Waals surface area contributed by atoms with Gasteiger partial charge in [-0.2, -0.15) is 0 Å². The van der Waals surface area contributed by atoms with Gasteiger partial charge < -0.3 is 10.2 Å². The zero-order chi connectivity index (χ0) is 15.3. The molecule has 0 aromatic carbocycles. The van der Waals surface area contributed by atoms with E-state index in [0.717, 1.165) is 12.8 Å². The monoisotopic (exact) mass is 296 g/mol. The Hall–Kier alpha value is -1.06. The SMILES string of the molecule is CCCCCCCCCCCC(=O)N1CCNC(=O)CC1. The first-order chi connectivity index (χ1) is 10.2. The number of unbranched alkanes of at least 4 members (excludes halogenated alkanes) is 8. The van der Waals surface area contributed by atoms with E-state index in [1.807, 2.05) is 4.90 Å². The van der Waals surface area contributed by atoms with Gasteiger partial charge in [0.15, 0.2) is 0 Å². The summed E-state index contributed by atoms with van der Waals surface area (Å²) in [6.07, 6.45) is 12.5. The largest absolute Gasteiger partial charge is 0.354 e. The fourth-order valence-electron chi connectivity index (χ4n) is 2.76. The molecule has 0 aromatic heterocycles. The molecule has 1 aliphatic heterocycles. The van der Waals surface area contributed by atoms with Crippen LogP contribution in [-0.2, 0) is 9.59 Å². The maximum atomic E-state index is 12.1. The van der Waals surface area contributed by atoms with Gasteiger partial charge in [0.25, 0.3) is 0 Å². The molecule has 122 valence electrons. The minimum atomic E-state index is 0.0633. The molecule has 0 aromatic rings. The lowest BCUT2D eigenvalue weighted by Crippen LogP contribution is -2.34. The Bertz CT molecular complexity index is 305. The lowest BCUT2D eigenvalue weighted by Gasteiger charge is -2.19. The van der Waals surface area contributed by atoms with Crippen LogP contribution in [-0.4, -0.2) is 36.3 Å². The number of carbonyl (C=O) groups excluding carboxylic acids is 2. The number of rotatable bonds is 10. The van der Waals surface area contributed by atoms with Gasteiger partial charge in [-0.05, 0) is 6.42 Å². The summed E-state index contributed by atoms with van der Waals surface area (Å²) in [5, 5.41) is 2.80. The third-order valence-electron chi connectivity index (χ3n) is 4.16. The molecule has 2 amide bonds. The molecule has 1 rings (SSSR count). The Kier molecular flexibility index (Phi) is 9.92. The van der Waals surface area contributed by atoms with Gasteiger partial charge in [0.2, 0.25) is 11.8 Å². The highest BCUT2D eigenvalue weighted by Crippen LogP contribution is 2.11. The van der Waals surface area contributed by atoms with Crippen molar-refractivity contribution in [3.05, 3.63) is 0 Å². The van der Waals surface area contributed by atoms with Crippen LogP contribution < -0.4 is 5.32 Å². The van der Waals surface area contributed by atoms with Crippen molar-refractivity contribution in [1.29, 1.82) is 0 Å². The molecule has 4 heteroatoms. The molecule has 0 saturated carbocycles. The van der Waals surface area contributed by atoms with Crippen LogP contribution >= 0.6 is 0 Å². The second kappa shape index (κ2) is 11.6. The van der Waals surface area contributed by atoms with Gasteiger partial charge in [-0.3, -0.25) is 9.59 Å². The number of hydrogen-bond donors (Lipinski definition) is 1. The van der Waals surface area contributed by atoms with Crippen molar-refractivity contribution >= 4 is 11.8 Å². The normalized spacial score (nSPS) is 15.7. The van der Waals surface area contributed by atoms with Gasteiger partial charge in [0.1, 0.15) is 0 Å². The van der Waals surface area contributed by atoms with Crippen molar-refractivity contribution in [3.8, 4) is 0 Å². The average Bonchev–Trinajstić information content (AvgIpc) is 2.70. The molecule has 0 atom stereocenters. The van der Waals surface area contributed by atoms with E-state index in [1.54, 1.807) is 0 Å². The molecule has 0 spiro atoms. The number of carbonyl (C=O) groups is 2. The Labute approximate surface area is 129 Å². The van der Waals surface area contributed by atoms with Gasteiger partial charge in [-0.1, -0.05) is 58.3 Å². The second-order valence-electron chi connectivity index (χ2n) is 6.06. The van der Waals surface area contributed by atoms with Crippen LogP contribution in [0.15, 0.2) is 0 Å². The zero-order valence-corrected chi connectivity index (χ0v) is 13.7. The molecule has 1 aliphatic rings. The third-order valence-corrected chi connectivity index (χ3v) is 4.16. The smallest absolute Gasteiger partial charge is 0.222 e. The number of nitrogens with zero attached hydrogens (tertiary/aromatic N) is 1. The van der Waals surface area contributed by atoms with Crippen LogP contribution in [0, 0.1) is 0 Å². The van der Waals surface area contributed by atoms with Gasteiger partial charge in [0.05, 0.1) is 0 Å². The summed E-state index contributed by atoms with van der Waals surface area (Å²) < 4.78 is 0. The van der Waals surface area contributed by atoms with Crippen LogP contribution in [0.3, 0.4) is 0 Å². The van der Waals surface area contributed by atoms with Crippen molar-refractivity contribution in [3.63, 3.8) is 0 Å². The first kappa shape index (κ1) is 18.0. The molecular formula is C17H32N2O2. The zero-order valence-electron chi connectivity index (χ0n) is 13.7. The summed E-state index contributed by atoms with van der Waals surface area (Å²) in [4.78, 5) is 25.1. The molecule has 0 aliphatic carbocycles. The molecule has 1 saturated heterocycles. The Morgan fingerprint density at radius 3 is 2.29 bits per heavy atom. The van der Waals surface area contributed by atoms with Gasteiger partial charge in [-0.15, -0.1) is 0 Å². The number of nitrogens with one attached hydrogen (secondary N) is 1. The summed E-state index contributed by atoms with van der Waals surface area (Å²) in [5.74, 6) is 0.280. The summed E-state index contributed by atoms with van der Waals surface area (Å²) >= 11 is 0. The van der Waals surface area contributed by atoms with Crippen molar-refractivity contribution in [2.45, 2.75) is 77.6 Å². The number of amides is 2. The molecule has 0 unspecified atom stereocenters. The maximum absolute atomic E-state index is 12.1. The van der Waals surface area contributed by atoms with Crippen molar-refractivity contribution in [2.24, 2.45) is 0 Å². The molecule has 1 fully saturated rings. The lowest BCUT2D eigenvalue weighted by atomic mass is 10.1. The highest BCUT2D eigenvalue weighted by molar-refractivity contribution is 5.80. The third kappa shape index (κ3) is 8.74. The van der Waals surface area contributed by atoms with Gasteiger partial charge >= 0.3 is 0 Å². The van der Waals surface area contributed by atoms with Gasteiger partial charge in [-0.25, -0.2) is 0 Å². The molecule has 0 radical (unpaired) electrons. The minimum absolute atomic E-state index is 0.0633. The predicted octanol–water partition coefficient (Wildman–Crippen LogP) is 3.26. The van der Waals surface area contributed by atoms with Crippen LogP contribution in [0.5, 0.6) is 0 Å². The lowest BCUT2D eigenvalue weighted by molar-refractivity contribution is -0.131. The van der Waals surface area contributed by atoms with E-state index >= 15 is 0 Å². The van der Waals surface area contributed by atoms with Crippen LogP contribution in [0.1, 0.15) is 77.6 Å². The summed E-state index contributed by atoms with van der Waals surface area (Å²) in [6, 6.07) is 0. The topological polar surface area (TPSA) is 49.4 Å². The Morgan fingerprint density at radius 1 is 1.00 bits per heavy atom. The first-order valence-corrected chi connectivity index (χ1v) is 8.78. The van der Waals surface area contributed by atoms with E-state index in [2.05, 4.69) is 12.2 Å². The van der Waals surface area contributed by atoms with E-state index in [0.29, 0.717) is 32.5 Å². The predicted molar refractivity (Wildman–Crippen MR) is 86.1 cm³/mol. The molecule has 1 N–H and O–H groups in total. The van der Waals surface area contributed by atoms with Crippen molar-refractivity contribution in [2.75, 3.05) is 19.6 Å². The standard InChI is InChI=1S/C17H32N2O2/c1-2-3-4-5-6-7-8-9-10-11-17(21)19-14-12-16(20)18-13-15-19/h2-15H2,1H3,(H,18,20). The summed E-state index contributed by atoms with van der Waals surface area (Å²) in [6.45, 7) is 4.10. The van der Waals surface area contributed by atoms with Crippen LogP contribution in [0.2, 0.25) is 0 Å². The fraction of sp³-hybridized carbons (Fsp3) is 0.882.